The van der Waals surface area contributed by atoms with Crippen molar-refractivity contribution in [3.05, 3.63) is 46.5 Å². The van der Waals surface area contributed by atoms with Crippen LogP contribution >= 0.6 is 23.2 Å². The Morgan fingerprint density at radius 1 is 1.30 bits per heavy atom. The van der Waals surface area contributed by atoms with Crippen LogP contribution in [0.1, 0.15) is 23.2 Å². The molecule has 1 unspecified atom stereocenters. The molecule has 27 heavy (non-hydrogen) atoms. The third-order valence-corrected chi connectivity index (χ3v) is 4.99. The van der Waals surface area contributed by atoms with Crippen molar-refractivity contribution in [1.29, 1.82) is 0 Å². The zero-order chi connectivity index (χ0) is 20.2. The summed E-state index contributed by atoms with van der Waals surface area (Å²) in [5, 5.41) is 0.543. The molecule has 0 aromatic heterocycles. The second kappa shape index (κ2) is 8.97. The van der Waals surface area contributed by atoms with Crippen molar-refractivity contribution >= 4 is 35.0 Å². The first-order valence-corrected chi connectivity index (χ1v) is 9.08. The Bertz CT molecular complexity index is 725. The van der Waals surface area contributed by atoms with E-state index in [1.165, 1.54) is 29.2 Å². The zero-order valence-electron chi connectivity index (χ0n) is 14.4. The van der Waals surface area contributed by atoms with Gasteiger partial charge in [0.2, 0.25) is 5.91 Å². The molecule has 1 aromatic rings. The Balaban J connectivity index is 2.11. The minimum atomic E-state index is -4.50. The van der Waals surface area contributed by atoms with E-state index in [1.54, 1.807) is 0 Å². The number of amides is 2. The van der Waals surface area contributed by atoms with Crippen molar-refractivity contribution in [1.82, 2.24) is 9.80 Å². The van der Waals surface area contributed by atoms with Crippen molar-refractivity contribution in [3.8, 4) is 0 Å². The fourth-order valence-electron chi connectivity index (χ4n) is 3.04. The van der Waals surface area contributed by atoms with Gasteiger partial charge >= 0.3 is 6.18 Å². The molecule has 0 radical (unpaired) electrons. The molecule has 0 saturated carbocycles. The van der Waals surface area contributed by atoms with Crippen LogP contribution in [0.2, 0.25) is 10.0 Å². The number of carbonyl (C=O) groups excluding carboxylic acids is 2. The first-order chi connectivity index (χ1) is 12.6. The van der Waals surface area contributed by atoms with Gasteiger partial charge < -0.3 is 9.80 Å². The molecule has 1 aliphatic heterocycles. The fourth-order valence-corrected chi connectivity index (χ4v) is 3.34. The summed E-state index contributed by atoms with van der Waals surface area (Å²) in [6.07, 6.45) is -2.29. The van der Waals surface area contributed by atoms with Crippen LogP contribution in [-0.4, -0.2) is 54.0 Å². The van der Waals surface area contributed by atoms with Crippen LogP contribution in [0.15, 0.2) is 30.9 Å². The smallest absolute Gasteiger partial charge is 0.338 e. The number of carbonyl (C=O) groups is 2. The Labute approximate surface area is 165 Å². The summed E-state index contributed by atoms with van der Waals surface area (Å²) < 4.78 is 38.2. The summed E-state index contributed by atoms with van der Waals surface area (Å²) >= 11 is 11.8. The van der Waals surface area contributed by atoms with Crippen LogP contribution in [0.25, 0.3) is 0 Å². The lowest BCUT2D eigenvalue weighted by molar-refractivity contribution is -0.163. The number of likely N-dealkylation sites (tertiary alicyclic amines) is 1. The van der Waals surface area contributed by atoms with Crippen LogP contribution in [0, 0.1) is 5.92 Å². The van der Waals surface area contributed by atoms with E-state index in [2.05, 4.69) is 6.58 Å². The first kappa shape index (κ1) is 21.6. The molecule has 9 heteroatoms. The standard InChI is InChI=1S/C18H19Cl2F3N2O2/c1-2-7-25(11-18(21,22)23)17(27)13-4-3-8-24(10-13)16(26)12-5-6-14(19)15(20)9-12/h2,5-6,9,13H,1,3-4,7-8,10-11H2. The largest absolute Gasteiger partial charge is 0.406 e. The molecule has 2 rings (SSSR count). The van der Waals surface area contributed by atoms with Gasteiger partial charge in [-0.25, -0.2) is 0 Å². The molecule has 0 bridgehead atoms. The quantitative estimate of drug-likeness (QED) is 0.658. The molecule has 0 aliphatic carbocycles. The Morgan fingerprint density at radius 3 is 2.59 bits per heavy atom. The predicted octanol–water partition coefficient (Wildman–Crippen LogP) is 4.42. The lowest BCUT2D eigenvalue weighted by Gasteiger charge is -2.35. The molecule has 4 nitrogen and oxygen atoms in total. The number of alkyl halides is 3. The topological polar surface area (TPSA) is 40.6 Å². The Hall–Kier alpha value is -1.73. The highest BCUT2D eigenvalue weighted by Crippen LogP contribution is 2.26. The molecule has 0 N–H and O–H groups in total. The summed E-state index contributed by atoms with van der Waals surface area (Å²) in [7, 11) is 0. The Morgan fingerprint density at radius 2 is 2.00 bits per heavy atom. The van der Waals surface area contributed by atoms with E-state index < -0.39 is 24.5 Å². The second-order valence-corrected chi connectivity index (χ2v) is 7.16. The maximum absolute atomic E-state index is 12.7. The third-order valence-electron chi connectivity index (χ3n) is 4.26. The SMILES string of the molecule is C=CCN(CC(F)(F)F)C(=O)C1CCCN(C(=O)c2ccc(Cl)c(Cl)c2)C1. The highest BCUT2D eigenvalue weighted by atomic mass is 35.5. The van der Waals surface area contributed by atoms with Gasteiger partial charge in [0.15, 0.2) is 0 Å². The van der Waals surface area contributed by atoms with Gasteiger partial charge in [0, 0.05) is 25.2 Å². The van der Waals surface area contributed by atoms with Gasteiger partial charge in [-0.05, 0) is 31.0 Å². The van der Waals surface area contributed by atoms with Gasteiger partial charge in [-0.3, -0.25) is 9.59 Å². The molecule has 1 aromatic carbocycles. The number of nitrogens with zero attached hydrogens (tertiary/aromatic N) is 2. The number of hydrogen-bond donors (Lipinski definition) is 0. The number of hydrogen-bond acceptors (Lipinski definition) is 2. The van der Waals surface area contributed by atoms with Gasteiger partial charge in [0.25, 0.3) is 5.91 Å². The van der Waals surface area contributed by atoms with Crippen LogP contribution in [-0.2, 0) is 4.79 Å². The van der Waals surface area contributed by atoms with E-state index >= 15 is 0 Å². The average molecular weight is 423 g/mol. The lowest BCUT2D eigenvalue weighted by atomic mass is 9.95. The third kappa shape index (κ3) is 5.87. The van der Waals surface area contributed by atoms with Gasteiger partial charge in [-0.1, -0.05) is 29.3 Å². The first-order valence-electron chi connectivity index (χ1n) is 8.33. The van der Waals surface area contributed by atoms with Crippen LogP contribution in [0.3, 0.4) is 0 Å². The Kier molecular flexibility index (Phi) is 7.17. The van der Waals surface area contributed by atoms with Gasteiger partial charge in [0.05, 0.1) is 16.0 Å². The molecule has 1 fully saturated rings. The van der Waals surface area contributed by atoms with Gasteiger partial charge in [-0.2, -0.15) is 13.2 Å². The predicted molar refractivity (Wildman–Crippen MR) is 97.9 cm³/mol. The molecule has 1 heterocycles. The molecule has 0 spiro atoms. The highest BCUT2D eigenvalue weighted by molar-refractivity contribution is 6.42. The second-order valence-electron chi connectivity index (χ2n) is 6.34. The minimum absolute atomic E-state index is 0.0589. The molecule has 1 atom stereocenters. The molecule has 1 aliphatic rings. The number of rotatable bonds is 5. The lowest BCUT2D eigenvalue weighted by Crippen LogP contribution is -2.48. The van der Waals surface area contributed by atoms with Crippen LogP contribution < -0.4 is 0 Å². The summed E-state index contributed by atoms with van der Waals surface area (Å²) in [6, 6.07) is 4.46. The van der Waals surface area contributed by atoms with Crippen LogP contribution in [0.5, 0.6) is 0 Å². The van der Waals surface area contributed by atoms with Gasteiger partial charge in [0.1, 0.15) is 6.54 Å². The van der Waals surface area contributed by atoms with Gasteiger partial charge in [-0.15, -0.1) is 6.58 Å². The van der Waals surface area contributed by atoms with Crippen molar-refractivity contribution in [2.75, 3.05) is 26.2 Å². The summed E-state index contributed by atoms with van der Waals surface area (Å²) in [6.45, 7) is 2.35. The monoisotopic (exact) mass is 422 g/mol. The van der Waals surface area contributed by atoms with Crippen LogP contribution in [0.4, 0.5) is 13.2 Å². The molecular weight excluding hydrogens is 404 g/mol. The number of halogens is 5. The van der Waals surface area contributed by atoms with E-state index in [1.807, 2.05) is 0 Å². The van der Waals surface area contributed by atoms with E-state index in [9.17, 15) is 22.8 Å². The molecule has 2 amide bonds. The van der Waals surface area contributed by atoms with E-state index in [0.29, 0.717) is 30.0 Å². The minimum Gasteiger partial charge on any atom is -0.338 e. The number of benzene rings is 1. The fraction of sp³-hybridized carbons (Fsp3) is 0.444. The van der Waals surface area contributed by atoms with E-state index in [-0.39, 0.29) is 24.0 Å². The van der Waals surface area contributed by atoms with Crippen molar-refractivity contribution in [2.45, 2.75) is 19.0 Å². The average Bonchev–Trinajstić information content (AvgIpc) is 2.61. The summed E-state index contributed by atoms with van der Waals surface area (Å²) in [4.78, 5) is 27.4. The maximum atomic E-state index is 12.7. The van der Waals surface area contributed by atoms with Crippen molar-refractivity contribution in [2.24, 2.45) is 5.92 Å². The number of piperidine rings is 1. The molecule has 148 valence electrons. The summed E-state index contributed by atoms with van der Waals surface area (Å²) in [5.41, 5.74) is 0.315. The van der Waals surface area contributed by atoms with E-state index in [0.717, 1.165) is 4.90 Å². The molecular formula is C18H19Cl2F3N2O2. The normalized spacial score (nSPS) is 17.5. The van der Waals surface area contributed by atoms with Crippen molar-refractivity contribution < 1.29 is 22.8 Å². The highest BCUT2D eigenvalue weighted by Gasteiger charge is 2.37. The zero-order valence-corrected chi connectivity index (χ0v) is 15.9. The van der Waals surface area contributed by atoms with E-state index in [4.69, 9.17) is 23.2 Å². The molecule has 1 saturated heterocycles. The summed E-state index contributed by atoms with van der Waals surface area (Å²) in [5.74, 6) is -1.65. The maximum Gasteiger partial charge on any atom is 0.406 e. The van der Waals surface area contributed by atoms with Crippen molar-refractivity contribution in [3.63, 3.8) is 0 Å².